The van der Waals surface area contributed by atoms with Gasteiger partial charge < -0.3 is 25.6 Å². The van der Waals surface area contributed by atoms with E-state index in [1.807, 2.05) is 0 Å². The van der Waals surface area contributed by atoms with Crippen molar-refractivity contribution in [2.24, 2.45) is 0 Å². The molecule has 1 aliphatic carbocycles. The van der Waals surface area contributed by atoms with Crippen LogP contribution >= 0.6 is 11.6 Å². The van der Waals surface area contributed by atoms with Gasteiger partial charge in [-0.2, -0.15) is 4.80 Å². The number of carboxylic acid groups (broad SMARTS) is 1. The van der Waals surface area contributed by atoms with Crippen LogP contribution in [0.3, 0.4) is 0 Å². The van der Waals surface area contributed by atoms with Crippen molar-refractivity contribution in [1.29, 1.82) is 0 Å². The molecule has 34 heavy (non-hydrogen) atoms. The second-order valence-electron chi connectivity index (χ2n) is 8.41. The van der Waals surface area contributed by atoms with Gasteiger partial charge in [-0.05, 0) is 30.5 Å². The molecule has 0 bridgehead atoms. The van der Waals surface area contributed by atoms with Crippen molar-refractivity contribution in [1.82, 2.24) is 30.1 Å². The Morgan fingerprint density at radius 3 is 2.74 bits per heavy atom. The van der Waals surface area contributed by atoms with E-state index in [9.17, 15) is 19.5 Å². The highest BCUT2D eigenvalue weighted by molar-refractivity contribution is 6.38. The maximum Gasteiger partial charge on any atom is 0.341 e. The number of tetrazole rings is 1. The Morgan fingerprint density at radius 1 is 1.32 bits per heavy atom. The topological polar surface area (TPSA) is 161 Å². The lowest BCUT2D eigenvalue weighted by Crippen LogP contribution is -2.39. The molecule has 1 amide bonds. The van der Waals surface area contributed by atoms with Gasteiger partial charge in [0, 0.05) is 31.4 Å². The van der Waals surface area contributed by atoms with Crippen LogP contribution < -0.4 is 21.4 Å². The van der Waals surface area contributed by atoms with E-state index in [4.69, 9.17) is 17.3 Å². The molecule has 0 spiro atoms. The lowest BCUT2D eigenvalue weighted by Gasteiger charge is -2.23. The number of amides is 1. The number of rotatable bonds is 6. The van der Waals surface area contributed by atoms with Gasteiger partial charge in [-0.15, -0.1) is 5.10 Å². The van der Waals surface area contributed by atoms with Crippen LogP contribution in [0.2, 0.25) is 5.02 Å². The summed E-state index contributed by atoms with van der Waals surface area (Å²) in [4.78, 5) is 39.3. The normalized spacial score (nSPS) is 17.9. The summed E-state index contributed by atoms with van der Waals surface area (Å²) in [5, 5.41) is 23.1. The highest BCUT2D eigenvalue weighted by atomic mass is 35.5. The monoisotopic (exact) mass is 490 g/mol. The minimum atomic E-state index is -1.37. The van der Waals surface area contributed by atoms with Gasteiger partial charge >= 0.3 is 5.97 Å². The molecule has 2 aliphatic rings. The van der Waals surface area contributed by atoms with Crippen molar-refractivity contribution in [3.63, 3.8) is 0 Å². The van der Waals surface area contributed by atoms with Crippen LogP contribution in [-0.2, 0) is 11.3 Å². The number of nitrogens with zero attached hydrogens (tertiary/aromatic N) is 6. The van der Waals surface area contributed by atoms with Crippen LogP contribution in [-0.4, -0.2) is 60.9 Å². The van der Waals surface area contributed by atoms with E-state index in [0.717, 1.165) is 23.7 Å². The third-order valence-corrected chi connectivity index (χ3v) is 6.34. The molecular weight excluding hydrogens is 471 g/mol. The van der Waals surface area contributed by atoms with E-state index in [2.05, 4.69) is 20.7 Å². The number of carbonyl (C=O) groups is 2. The predicted molar refractivity (Wildman–Crippen MR) is 119 cm³/mol. The standard InChI is InChI=1S/C20H20ClFN8O4/c21-15-16-11(18(32)12(19(33)34)7-29(16)10-1-2-10)5-13(22)17(15)28-4-3-9(6-28)24-14(31)8-30-26-20(23)25-27-30/h5,7,9-10H,1-4,6,8H2,(H2,23,26)(H,24,31)(H,33,34). The molecule has 1 unspecified atom stereocenters. The van der Waals surface area contributed by atoms with Crippen molar-refractivity contribution < 1.29 is 19.1 Å². The fourth-order valence-corrected chi connectivity index (χ4v) is 4.73. The number of benzene rings is 1. The molecule has 1 aliphatic heterocycles. The highest BCUT2D eigenvalue weighted by Crippen LogP contribution is 2.42. The van der Waals surface area contributed by atoms with E-state index in [1.54, 1.807) is 9.47 Å². The number of anilines is 2. The number of hydrogen-bond acceptors (Lipinski definition) is 8. The molecule has 12 nitrogen and oxygen atoms in total. The molecule has 4 N–H and O–H groups in total. The first-order valence-corrected chi connectivity index (χ1v) is 11.0. The molecule has 5 rings (SSSR count). The van der Waals surface area contributed by atoms with Gasteiger partial charge in [0.1, 0.15) is 17.9 Å². The average Bonchev–Trinajstić information content (AvgIpc) is 3.39. The fourth-order valence-electron chi connectivity index (χ4n) is 4.32. The van der Waals surface area contributed by atoms with Gasteiger partial charge in [-0.3, -0.25) is 9.59 Å². The van der Waals surface area contributed by atoms with E-state index >= 15 is 4.39 Å². The van der Waals surface area contributed by atoms with Crippen LogP contribution in [0.1, 0.15) is 35.7 Å². The van der Waals surface area contributed by atoms with Gasteiger partial charge in [0.2, 0.25) is 11.3 Å². The molecule has 3 heterocycles. The first-order chi connectivity index (χ1) is 16.2. The van der Waals surface area contributed by atoms with Crippen LogP contribution in [0.25, 0.3) is 10.9 Å². The summed E-state index contributed by atoms with van der Waals surface area (Å²) in [5.41, 5.74) is 4.63. The van der Waals surface area contributed by atoms with Gasteiger partial charge in [-0.1, -0.05) is 16.7 Å². The van der Waals surface area contributed by atoms with Gasteiger partial charge in [0.25, 0.3) is 5.95 Å². The van der Waals surface area contributed by atoms with Gasteiger partial charge in [0.15, 0.2) is 0 Å². The summed E-state index contributed by atoms with van der Waals surface area (Å²) >= 11 is 6.66. The SMILES string of the molecule is Nc1nnn(CC(=O)NC2CCN(c3c(F)cc4c(=O)c(C(=O)O)cn(C5CC5)c4c3Cl)C2)n1. The summed E-state index contributed by atoms with van der Waals surface area (Å²) in [7, 11) is 0. The Kier molecular flexibility index (Phi) is 5.35. The number of pyridine rings is 1. The largest absolute Gasteiger partial charge is 0.477 e. The molecule has 2 fully saturated rings. The number of carboxylic acids is 1. The Hall–Kier alpha value is -3.74. The van der Waals surface area contributed by atoms with E-state index < -0.39 is 22.8 Å². The number of nitrogens with two attached hydrogens (primary N) is 1. The maximum atomic E-state index is 15.2. The lowest BCUT2D eigenvalue weighted by molar-refractivity contribution is -0.122. The molecule has 0 radical (unpaired) electrons. The fraction of sp³-hybridized carbons (Fsp3) is 0.400. The Balaban J connectivity index is 1.43. The first kappa shape index (κ1) is 22.1. The number of halogens is 2. The van der Waals surface area contributed by atoms with Crippen molar-refractivity contribution in [2.45, 2.75) is 37.9 Å². The quantitative estimate of drug-likeness (QED) is 0.453. The maximum absolute atomic E-state index is 15.2. The van der Waals surface area contributed by atoms with E-state index in [-0.39, 0.29) is 46.6 Å². The van der Waals surface area contributed by atoms with Crippen LogP contribution in [0.4, 0.5) is 16.0 Å². The Labute approximate surface area is 196 Å². The first-order valence-electron chi connectivity index (χ1n) is 10.6. The molecule has 2 aromatic heterocycles. The summed E-state index contributed by atoms with van der Waals surface area (Å²) in [6.07, 6.45) is 3.45. The van der Waals surface area contributed by atoms with Gasteiger partial charge in [0.05, 0.1) is 21.6 Å². The molecule has 14 heteroatoms. The van der Waals surface area contributed by atoms with E-state index in [0.29, 0.717) is 25.0 Å². The van der Waals surface area contributed by atoms with Crippen molar-refractivity contribution in [2.75, 3.05) is 23.7 Å². The van der Waals surface area contributed by atoms with Crippen LogP contribution in [0.5, 0.6) is 0 Å². The molecule has 1 saturated carbocycles. The summed E-state index contributed by atoms with van der Waals surface area (Å²) < 4.78 is 16.9. The third-order valence-electron chi connectivity index (χ3n) is 5.98. The zero-order chi connectivity index (χ0) is 24.1. The number of fused-ring (bicyclic) bond motifs is 1. The molecule has 1 saturated heterocycles. The second-order valence-corrected chi connectivity index (χ2v) is 8.79. The number of carbonyl (C=O) groups excluding carboxylic acids is 1. The number of hydrogen-bond donors (Lipinski definition) is 3. The molecular formula is C20H20ClFN8O4. The predicted octanol–water partition coefficient (Wildman–Crippen LogP) is 0.791. The minimum Gasteiger partial charge on any atom is -0.477 e. The lowest BCUT2D eigenvalue weighted by atomic mass is 10.1. The Bertz CT molecular complexity index is 1390. The number of nitrogen functional groups attached to an aromatic ring is 1. The van der Waals surface area contributed by atoms with E-state index in [1.165, 1.54) is 6.20 Å². The zero-order valence-corrected chi connectivity index (χ0v) is 18.5. The van der Waals surface area contributed by atoms with Crippen LogP contribution in [0.15, 0.2) is 17.1 Å². The Morgan fingerprint density at radius 2 is 2.09 bits per heavy atom. The molecule has 178 valence electrons. The van der Waals surface area contributed by atoms with Crippen molar-refractivity contribution in [3.8, 4) is 0 Å². The minimum absolute atomic E-state index is 0.00191. The zero-order valence-electron chi connectivity index (χ0n) is 17.7. The van der Waals surface area contributed by atoms with Crippen molar-refractivity contribution >= 4 is 46.0 Å². The number of aromatic carboxylic acids is 1. The highest BCUT2D eigenvalue weighted by Gasteiger charge is 2.32. The van der Waals surface area contributed by atoms with Crippen molar-refractivity contribution in [3.05, 3.63) is 38.9 Å². The van der Waals surface area contributed by atoms with Crippen LogP contribution in [0, 0.1) is 5.82 Å². The smallest absolute Gasteiger partial charge is 0.341 e. The summed E-state index contributed by atoms with van der Waals surface area (Å²) in [5.74, 6) is -2.49. The summed E-state index contributed by atoms with van der Waals surface area (Å²) in [6, 6.07) is 0.776. The van der Waals surface area contributed by atoms with Gasteiger partial charge in [-0.25, -0.2) is 9.18 Å². The molecule has 3 aromatic rings. The molecule has 1 aromatic carbocycles. The summed E-state index contributed by atoms with van der Waals surface area (Å²) in [6.45, 7) is 0.551. The third kappa shape index (κ3) is 3.91. The number of aromatic nitrogens is 5. The number of nitrogens with one attached hydrogen (secondary N) is 1. The molecule has 1 atom stereocenters. The second kappa shape index (κ2) is 8.24. The average molecular weight is 491 g/mol.